The Hall–Kier alpha value is -4.98. The maximum atomic E-state index is 11.5. The normalized spacial score (nSPS) is 15.5. The Morgan fingerprint density at radius 1 is 1.06 bits per heavy atom. The number of likely N-dealkylation sites (tertiary alicyclic amines) is 1. The van der Waals surface area contributed by atoms with Gasteiger partial charge < -0.3 is 34.3 Å². The van der Waals surface area contributed by atoms with E-state index in [1.54, 1.807) is 18.3 Å². The van der Waals surface area contributed by atoms with Gasteiger partial charge in [-0.3, -0.25) is 4.98 Å². The molecule has 1 saturated heterocycles. The monoisotopic (exact) mass is 654 g/mol. The average Bonchev–Trinajstić information content (AvgIpc) is 3.10. The van der Waals surface area contributed by atoms with Crippen LogP contribution in [0.25, 0.3) is 11.1 Å². The van der Waals surface area contributed by atoms with Crippen molar-refractivity contribution < 1.29 is 28.8 Å². The molecular weight excluding hydrogens is 620 g/mol. The van der Waals surface area contributed by atoms with Crippen LogP contribution in [0.4, 0.5) is 4.79 Å². The molecule has 1 atom stereocenters. The lowest BCUT2D eigenvalue weighted by Crippen LogP contribution is -2.47. The second-order valence-corrected chi connectivity index (χ2v) is 12.0. The number of ether oxygens (including phenoxy) is 4. The van der Waals surface area contributed by atoms with Crippen LogP contribution < -0.4 is 24.3 Å². The minimum Gasteiger partial charge on any atom is -0.488 e. The summed E-state index contributed by atoms with van der Waals surface area (Å²) in [7, 11) is 0. The number of pyridine rings is 1. The SMILES string of the molecule is Cc1c(COc2cc(OCc3cncc(C#N)c3)c(CN[C@@H]3CCCN(C(=O)O)C3)cc2Cl)cccc1-c1ccc2c(c1)OCCO2. The summed E-state index contributed by atoms with van der Waals surface area (Å²) in [6, 6.07) is 19.5. The third-order valence-electron chi connectivity index (χ3n) is 8.39. The predicted octanol–water partition coefficient (Wildman–Crippen LogP) is 6.74. The molecule has 4 aromatic rings. The van der Waals surface area contributed by atoms with Gasteiger partial charge in [0, 0.05) is 55.3 Å². The summed E-state index contributed by atoms with van der Waals surface area (Å²) in [6.45, 7) is 4.97. The molecule has 0 aliphatic carbocycles. The zero-order valence-electron chi connectivity index (χ0n) is 26.0. The summed E-state index contributed by atoms with van der Waals surface area (Å²) < 4.78 is 24.0. The summed E-state index contributed by atoms with van der Waals surface area (Å²) in [4.78, 5) is 17.1. The number of amides is 1. The third kappa shape index (κ3) is 7.71. The summed E-state index contributed by atoms with van der Waals surface area (Å²) in [5.41, 5.74) is 6.16. The van der Waals surface area contributed by atoms with E-state index in [2.05, 4.69) is 29.4 Å². The number of piperidine rings is 1. The van der Waals surface area contributed by atoms with Gasteiger partial charge in [0.05, 0.1) is 10.6 Å². The number of aromatic nitrogens is 1. The Labute approximate surface area is 278 Å². The zero-order chi connectivity index (χ0) is 32.8. The predicted molar refractivity (Wildman–Crippen MR) is 176 cm³/mol. The lowest BCUT2D eigenvalue weighted by atomic mass is 9.96. The summed E-state index contributed by atoms with van der Waals surface area (Å²) >= 11 is 6.78. The first kappa shape index (κ1) is 32.0. The molecule has 1 amide bonds. The molecule has 3 heterocycles. The number of carbonyl (C=O) groups is 1. The summed E-state index contributed by atoms with van der Waals surface area (Å²) in [5, 5.41) is 22.6. The average molecular weight is 655 g/mol. The molecule has 2 aliphatic heterocycles. The summed E-state index contributed by atoms with van der Waals surface area (Å²) in [5.74, 6) is 2.51. The largest absolute Gasteiger partial charge is 0.488 e. The number of fused-ring (bicyclic) bond motifs is 1. The second-order valence-electron chi connectivity index (χ2n) is 11.6. The number of nitrogens with zero attached hydrogens (tertiary/aromatic N) is 3. The maximum Gasteiger partial charge on any atom is 0.407 e. The van der Waals surface area contributed by atoms with Crippen LogP contribution in [0.15, 0.2) is 67.0 Å². The van der Waals surface area contributed by atoms with Crippen LogP contribution in [0.3, 0.4) is 0 Å². The molecule has 2 N–H and O–H groups in total. The van der Waals surface area contributed by atoms with E-state index in [9.17, 15) is 15.2 Å². The van der Waals surface area contributed by atoms with Crippen molar-refractivity contribution in [1.82, 2.24) is 15.2 Å². The number of carboxylic acid groups (broad SMARTS) is 1. The third-order valence-corrected chi connectivity index (χ3v) is 8.68. The molecule has 0 saturated carbocycles. The molecule has 0 bridgehead atoms. The molecule has 1 fully saturated rings. The minimum atomic E-state index is -0.912. The Morgan fingerprint density at radius 2 is 1.89 bits per heavy atom. The standard InChI is InChI=1S/C36H35ClN4O6/c1-23-27(4-2-6-30(23)26-7-8-32-35(14-26)45-11-10-44-32)22-47-34-15-33(46-21-25-12-24(16-38)17-39-18-25)28(13-31(34)37)19-40-29-5-3-9-41(20-29)36(42)43/h2,4,6-8,12-15,17-18,29,40H,3,5,9-11,19-22H2,1H3,(H,42,43)/t29-/m1/s1. The highest BCUT2D eigenvalue weighted by Gasteiger charge is 2.23. The van der Waals surface area contributed by atoms with Gasteiger partial charge in [-0.05, 0) is 66.3 Å². The lowest BCUT2D eigenvalue weighted by molar-refractivity contribution is 0.126. The zero-order valence-corrected chi connectivity index (χ0v) is 26.8. The quantitative estimate of drug-likeness (QED) is 0.191. The van der Waals surface area contributed by atoms with Gasteiger partial charge >= 0.3 is 6.09 Å². The van der Waals surface area contributed by atoms with E-state index >= 15 is 0 Å². The molecule has 242 valence electrons. The lowest BCUT2D eigenvalue weighted by Gasteiger charge is -2.31. The molecule has 2 aliphatic rings. The molecule has 0 radical (unpaired) electrons. The fraction of sp³-hybridized carbons (Fsp3) is 0.306. The van der Waals surface area contributed by atoms with Crippen molar-refractivity contribution in [3.8, 4) is 40.2 Å². The number of halogens is 1. The van der Waals surface area contributed by atoms with E-state index in [-0.39, 0.29) is 19.3 Å². The van der Waals surface area contributed by atoms with E-state index in [4.69, 9.17) is 30.5 Å². The van der Waals surface area contributed by atoms with E-state index in [0.717, 1.165) is 57.7 Å². The van der Waals surface area contributed by atoms with Crippen LogP contribution in [-0.2, 0) is 19.8 Å². The molecule has 6 rings (SSSR count). The first-order valence-corrected chi connectivity index (χ1v) is 15.9. The molecule has 0 spiro atoms. The highest BCUT2D eigenvalue weighted by Crippen LogP contribution is 2.37. The van der Waals surface area contributed by atoms with Crippen LogP contribution >= 0.6 is 11.6 Å². The van der Waals surface area contributed by atoms with Gasteiger partial charge in [-0.15, -0.1) is 0 Å². The molecule has 11 heteroatoms. The van der Waals surface area contributed by atoms with Crippen LogP contribution in [-0.4, -0.2) is 53.4 Å². The summed E-state index contributed by atoms with van der Waals surface area (Å²) in [6.07, 6.45) is 3.91. The smallest absolute Gasteiger partial charge is 0.407 e. The van der Waals surface area contributed by atoms with Gasteiger partial charge in [0.15, 0.2) is 11.5 Å². The highest BCUT2D eigenvalue weighted by molar-refractivity contribution is 6.32. The number of nitrogens with one attached hydrogen (secondary N) is 1. The minimum absolute atomic E-state index is 0.00312. The van der Waals surface area contributed by atoms with Gasteiger partial charge in [-0.1, -0.05) is 35.9 Å². The van der Waals surface area contributed by atoms with Crippen molar-refractivity contribution in [3.05, 3.63) is 99.8 Å². The first-order valence-electron chi connectivity index (χ1n) is 15.5. The highest BCUT2D eigenvalue weighted by atomic mass is 35.5. The molecule has 0 unspecified atom stereocenters. The number of nitriles is 1. The molecule has 10 nitrogen and oxygen atoms in total. The molecule has 47 heavy (non-hydrogen) atoms. The Bertz CT molecular complexity index is 1810. The van der Waals surface area contributed by atoms with Gasteiger partial charge in [0.25, 0.3) is 0 Å². The van der Waals surface area contributed by atoms with Crippen molar-refractivity contribution in [1.29, 1.82) is 5.26 Å². The van der Waals surface area contributed by atoms with Crippen molar-refractivity contribution in [2.75, 3.05) is 26.3 Å². The van der Waals surface area contributed by atoms with Crippen LogP contribution in [0.5, 0.6) is 23.0 Å². The van der Waals surface area contributed by atoms with Crippen molar-refractivity contribution >= 4 is 17.7 Å². The van der Waals surface area contributed by atoms with Crippen LogP contribution in [0.2, 0.25) is 5.02 Å². The van der Waals surface area contributed by atoms with Gasteiger partial charge in [-0.25, -0.2) is 4.79 Å². The Balaban J connectivity index is 1.21. The van der Waals surface area contributed by atoms with Crippen LogP contribution in [0, 0.1) is 18.3 Å². The number of hydrogen-bond acceptors (Lipinski definition) is 8. The van der Waals surface area contributed by atoms with Crippen molar-refractivity contribution in [2.24, 2.45) is 0 Å². The van der Waals surface area contributed by atoms with Gasteiger partial charge in [0.2, 0.25) is 0 Å². The topological polar surface area (TPSA) is 126 Å². The maximum absolute atomic E-state index is 11.5. The Kier molecular flexibility index (Phi) is 9.95. The van der Waals surface area contributed by atoms with E-state index in [1.165, 1.54) is 11.1 Å². The second kappa shape index (κ2) is 14.6. The van der Waals surface area contributed by atoms with E-state index in [1.807, 2.05) is 36.4 Å². The number of hydrogen-bond donors (Lipinski definition) is 2. The van der Waals surface area contributed by atoms with E-state index in [0.29, 0.717) is 54.9 Å². The molecular formula is C36H35ClN4O6. The van der Waals surface area contributed by atoms with Crippen molar-refractivity contribution in [2.45, 2.75) is 45.6 Å². The molecule has 3 aromatic carbocycles. The fourth-order valence-corrected chi connectivity index (χ4v) is 6.08. The fourth-order valence-electron chi connectivity index (χ4n) is 5.84. The van der Waals surface area contributed by atoms with Crippen LogP contribution in [0.1, 0.15) is 40.7 Å². The molecule has 1 aromatic heterocycles. The van der Waals surface area contributed by atoms with E-state index < -0.39 is 6.09 Å². The number of benzene rings is 3. The van der Waals surface area contributed by atoms with Gasteiger partial charge in [-0.2, -0.15) is 5.26 Å². The Morgan fingerprint density at radius 3 is 2.72 bits per heavy atom. The van der Waals surface area contributed by atoms with Gasteiger partial charge in [0.1, 0.15) is 44.0 Å². The number of rotatable bonds is 10. The van der Waals surface area contributed by atoms with Crippen molar-refractivity contribution in [3.63, 3.8) is 0 Å². The first-order chi connectivity index (χ1) is 22.9.